The highest BCUT2D eigenvalue weighted by molar-refractivity contribution is 7.89. The third kappa shape index (κ3) is 3.30. The van der Waals surface area contributed by atoms with Gasteiger partial charge in [0.15, 0.2) is 0 Å². The summed E-state index contributed by atoms with van der Waals surface area (Å²) < 4.78 is 32.2. The number of piperidine rings is 1. The zero-order valence-electron chi connectivity index (χ0n) is 12.7. The highest BCUT2D eigenvalue weighted by Crippen LogP contribution is 2.28. The molecule has 1 aliphatic rings. The maximum atomic E-state index is 12.7. The summed E-state index contributed by atoms with van der Waals surface area (Å²) in [5.74, 6) is 0.386. The van der Waals surface area contributed by atoms with E-state index in [1.165, 1.54) is 19.2 Å². The molecule has 0 saturated carbocycles. The number of nitrogens with two attached hydrogens (primary N) is 1. The van der Waals surface area contributed by atoms with Gasteiger partial charge in [-0.05, 0) is 39.1 Å². The number of sulfonamides is 1. The molecule has 118 valence electrons. The molecule has 1 aromatic carbocycles. The first-order chi connectivity index (χ1) is 9.86. The second-order valence-corrected chi connectivity index (χ2v) is 7.46. The minimum atomic E-state index is -3.51. The third-order valence-electron chi connectivity index (χ3n) is 3.93. The molecule has 0 amide bonds. The van der Waals surface area contributed by atoms with E-state index < -0.39 is 10.0 Å². The Labute approximate surface area is 126 Å². The van der Waals surface area contributed by atoms with Crippen molar-refractivity contribution in [2.75, 3.05) is 40.0 Å². The number of rotatable bonds is 4. The van der Waals surface area contributed by atoms with Crippen molar-refractivity contribution in [3.63, 3.8) is 0 Å². The molecular formula is C14H23N3O3S. The number of anilines is 1. The van der Waals surface area contributed by atoms with Crippen LogP contribution < -0.4 is 10.5 Å². The lowest BCUT2D eigenvalue weighted by Gasteiger charge is -2.35. The zero-order valence-corrected chi connectivity index (χ0v) is 13.6. The fourth-order valence-corrected chi connectivity index (χ4v) is 4.09. The van der Waals surface area contributed by atoms with Gasteiger partial charge in [-0.2, -0.15) is 4.31 Å². The summed E-state index contributed by atoms with van der Waals surface area (Å²) in [6.45, 7) is 1.07. The zero-order chi connectivity index (χ0) is 15.6. The predicted octanol–water partition coefficient (Wildman–Crippen LogP) is 0.992. The molecule has 0 spiro atoms. The summed E-state index contributed by atoms with van der Waals surface area (Å²) in [5, 5.41) is 0. The molecule has 0 aliphatic carbocycles. The van der Waals surface area contributed by atoms with Crippen LogP contribution in [-0.2, 0) is 10.0 Å². The van der Waals surface area contributed by atoms with Gasteiger partial charge in [0.05, 0.1) is 17.7 Å². The second kappa shape index (κ2) is 6.21. The fraction of sp³-hybridized carbons (Fsp3) is 0.571. The molecule has 0 aromatic heterocycles. The van der Waals surface area contributed by atoms with Gasteiger partial charge in [0.2, 0.25) is 10.0 Å². The van der Waals surface area contributed by atoms with Crippen LogP contribution >= 0.6 is 0 Å². The van der Waals surface area contributed by atoms with Crippen LogP contribution in [0.3, 0.4) is 0 Å². The first kappa shape index (κ1) is 16.1. The van der Waals surface area contributed by atoms with E-state index in [4.69, 9.17) is 10.5 Å². The minimum Gasteiger partial charge on any atom is -0.495 e. The lowest BCUT2D eigenvalue weighted by molar-refractivity contribution is 0.190. The average molecular weight is 313 g/mol. The van der Waals surface area contributed by atoms with Gasteiger partial charge in [-0.1, -0.05) is 0 Å². The van der Waals surface area contributed by atoms with Crippen molar-refractivity contribution in [2.45, 2.75) is 23.8 Å². The second-order valence-electron chi connectivity index (χ2n) is 5.53. The highest BCUT2D eigenvalue weighted by atomic mass is 32.2. The van der Waals surface area contributed by atoms with E-state index in [0.717, 1.165) is 12.8 Å². The molecule has 2 N–H and O–H groups in total. The molecule has 7 heteroatoms. The Morgan fingerprint density at radius 3 is 2.71 bits per heavy atom. The normalized spacial score (nSPS) is 20.7. The summed E-state index contributed by atoms with van der Waals surface area (Å²) in [6.07, 6.45) is 1.89. The molecule has 1 aliphatic heterocycles. The van der Waals surface area contributed by atoms with Crippen LogP contribution in [0.4, 0.5) is 5.69 Å². The lowest BCUT2D eigenvalue weighted by Crippen LogP contribution is -2.47. The van der Waals surface area contributed by atoms with E-state index in [1.54, 1.807) is 10.4 Å². The van der Waals surface area contributed by atoms with Crippen LogP contribution in [0.2, 0.25) is 0 Å². The Morgan fingerprint density at radius 2 is 2.10 bits per heavy atom. The quantitative estimate of drug-likeness (QED) is 0.839. The van der Waals surface area contributed by atoms with E-state index in [-0.39, 0.29) is 10.9 Å². The van der Waals surface area contributed by atoms with Crippen molar-refractivity contribution in [3.8, 4) is 5.75 Å². The van der Waals surface area contributed by atoms with E-state index >= 15 is 0 Å². The standard InChI is InChI=1S/C14H23N3O3S/c1-16(2)11-5-4-8-17(10-11)21(18,19)12-6-7-13(15)14(9-12)20-3/h6-7,9,11H,4-5,8,10,15H2,1-3H3. The third-order valence-corrected chi connectivity index (χ3v) is 5.79. The van der Waals surface area contributed by atoms with Crippen molar-refractivity contribution in [3.05, 3.63) is 18.2 Å². The van der Waals surface area contributed by atoms with Crippen LogP contribution in [0.1, 0.15) is 12.8 Å². The molecule has 0 radical (unpaired) electrons. The maximum absolute atomic E-state index is 12.7. The van der Waals surface area contributed by atoms with Crippen LogP contribution in [0.5, 0.6) is 5.75 Å². The van der Waals surface area contributed by atoms with Gasteiger partial charge in [0.25, 0.3) is 0 Å². The lowest BCUT2D eigenvalue weighted by atomic mass is 10.1. The van der Waals surface area contributed by atoms with Crippen molar-refractivity contribution >= 4 is 15.7 Å². The number of hydrogen-bond acceptors (Lipinski definition) is 5. The van der Waals surface area contributed by atoms with Crippen molar-refractivity contribution in [1.82, 2.24) is 9.21 Å². The average Bonchev–Trinajstić information content (AvgIpc) is 2.47. The molecular weight excluding hydrogens is 290 g/mol. The molecule has 2 rings (SSSR count). The minimum absolute atomic E-state index is 0.230. The first-order valence-electron chi connectivity index (χ1n) is 6.96. The largest absolute Gasteiger partial charge is 0.495 e. The van der Waals surface area contributed by atoms with Gasteiger partial charge in [-0.25, -0.2) is 8.42 Å². The van der Waals surface area contributed by atoms with Gasteiger partial charge in [0, 0.05) is 25.2 Å². The number of nitrogen functional groups attached to an aromatic ring is 1. The summed E-state index contributed by atoms with van der Waals surface area (Å²) in [5.41, 5.74) is 6.18. The number of ether oxygens (including phenoxy) is 1. The summed E-state index contributed by atoms with van der Waals surface area (Å²) in [6, 6.07) is 4.85. The molecule has 6 nitrogen and oxygen atoms in total. The molecule has 1 saturated heterocycles. The van der Waals surface area contributed by atoms with E-state index in [0.29, 0.717) is 24.5 Å². The van der Waals surface area contributed by atoms with Crippen LogP contribution in [0.25, 0.3) is 0 Å². The summed E-state index contributed by atoms with van der Waals surface area (Å²) in [7, 11) is 1.93. The molecule has 0 bridgehead atoms. The van der Waals surface area contributed by atoms with Gasteiger partial charge >= 0.3 is 0 Å². The maximum Gasteiger partial charge on any atom is 0.243 e. The van der Waals surface area contributed by atoms with E-state index in [1.807, 2.05) is 14.1 Å². The van der Waals surface area contributed by atoms with Crippen LogP contribution in [0.15, 0.2) is 23.1 Å². The number of hydrogen-bond donors (Lipinski definition) is 1. The van der Waals surface area contributed by atoms with Crippen LogP contribution in [-0.4, -0.2) is 58.0 Å². The summed E-state index contributed by atoms with van der Waals surface area (Å²) in [4.78, 5) is 2.30. The highest BCUT2D eigenvalue weighted by Gasteiger charge is 2.31. The number of nitrogens with zero attached hydrogens (tertiary/aromatic N) is 2. The Morgan fingerprint density at radius 1 is 1.38 bits per heavy atom. The first-order valence-corrected chi connectivity index (χ1v) is 8.40. The Bertz CT molecular complexity index is 601. The van der Waals surface area contributed by atoms with Gasteiger partial charge in [-0.15, -0.1) is 0 Å². The van der Waals surface area contributed by atoms with Gasteiger partial charge in [-0.3, -0.25) is 0 Å². The molecule has 1 aromatic rings. The molecule has 21 heavy (non-hydrogen) atoms. The molecule has 1 heterocycles. The number of benzene rings is 1. The molecule has 1 fully saturated rings. The van der Waals surface area contributed by atoms with Crippen molar-refractivity contribution < 1.29 is 13.2 Å². The van der Waals surface area contributed by atoms with Crippen molar-refractivity contribution in [2.24, 2.45) is 0 Å². The van der Waals surface area contributed by atoms with Gasteiger partial charge in [0.1, 0.15) is 5.75 Å². The summed E-state index contributed by atoms with van der Waals surface area (Å²) >= 11 is 0. The Kier molecular flexibility index (Phi) is 4.75. The fourth-order valence-electron chi connectivity index (χ4n) is 2.56. The number of methoxy groups -OCH3 is 1. The van der Waals surface area contributed by atoms with E-state index in [9.17, 15) is 8.42 Å². The Hall–Kier alpha value is -1.31. The Balaban J connectivity index is 2.29. The molecule has 1 unspecified atom stereocenters. The SMILES string of the molecule is COc1cc(S(=O)(=O)N2CCCC(N(C)C)C2)ccc1N. The number of likely N-dealkylation sites (N-methyl/N-ethyl adjacent to an activating group) is 1. The molecule has 1 atom stereocenters. The van der Waals surface area contributed by atoms with Crippen molar-refractivity contribution in [1.29, 1.82) is 0 Å². The van der Waals surface area contributed by atoms with E-state index in [2.05, 4.69) is 4.90 Å². The van der Waals surface area contributed by atoms with Crippen LogP contribution in [0, 0.1) is 0 Å². The van der Waals surface area contributed by atoms with Gasteiger partial charge < -0.3 is 15.4 Å². The smallest absolute Gasteiger partial charge is 0.243 e. The topological polar surface area (TPSA) is 75.9 Å². The predicted molar refractivity (Wildman–Crippen MR) is 82.9 cm³/mol. The monoisotopic (exact) mass is 313 g/mol.